The van der Waals surface area contributed by atoms with Gasteiger partial charge in [0, 0.05) is 49.4 Å². The van der Waals surface area contributed by atoms with Crippen molar-refractivity contribution in [2.24, 2.45) is 5.10 Å². The van der Waals surface area contributed by atoms with Crippen LogP contribution in [0.5, 0.6) is 0 Å². The third-order valence-electron chi connectivity index (χ3n) is 6.60. The molecule has 176 valence electrons. The molecule has 1 fully saturated rings. The molecular formula is C26H28N4O4. The second-order valence-corrected chi connectivity index (χ2v) is 8.71. The molecule has 0 saturated carbocycles. The summed E-state index contributed by atoms with van der Waals surface area (Å²) in [6.45, 7) is 6.47. The summed E-state index contributed by atoms with van der Waals surface area (Å²) < 4.78 is 11.3. The number of fused-ring (bicyclic) bond motifs is 1. The molecule has 2 aliphatic rings. The van der Waals surface area contributed by atoms with Crippen LogP contribution < -0.4 is 10.3 Å². The van der Waals surface area contributed by atoms with E-state index >= 15 is 0 Å². The summed E-state index contributed by atoms with van der Waals surface area (Å²) in [4.78, 5) is 29.9. The molecule has 8 nitrogen and oxygen atoms in total. The van der Waals surface area contributed by atoms with Gasteiger partial charge >= 0.3 is 0 Å². The van der Waals surface area contributed by atoms with E-state index in [0.29, 0.717) is 36.6 Å². The van der Waals surface area contributed by atoms with E-state index in [9.17, 15) is 9.59 Å². The molecule has 2 aromatic heterocycles. The molecule has 1 saturated heterocycles. The van der Waals surface area contributed by atoms with Crippen molar-refractivity contribution in [1.29, 1.82) is 0 Å². The highest BCUT2D eigenvalue weighted by atomic mass is 16.4. The SMILES string of the molecule is Cc1occc1C(=O)N/N=C1\CCCc2oc(C(=O)N3CCN(c4ccccc4)CC3)c(C)c21. The predicted octanol–water partition coefficient (Wildman–Crippen LogP) is 3.92. The monoisotopic (exact) mass is 460 g/mol. The standard InChI is InChI=1S/C26H28N4O4/c1-17-23-21(27-28-25(31)20-11-16-33-18(20)2)9-6-10-22(23)34-24(17)26(32)30-14-12-29(13-15-30)19-7-4-3-5-8-19/h3-5,7-8,11,16H,6,9-10,12-15H2,1-2H3,(H,28,31)/b27-21+. The molecule has 0 unspecified atom stereocenters. The maximum absolute atomic E-state index is 13.3. The minimum Gasteiger partial charge on any atom is -0.469 e. The van der Waals surface area contributed by atoms with E-state index in [-0.39, 0.29) is 11.8 Å². The van der Waals surface area contributed by atoms with E-state index in [2.05, 4.69) is 27.6 Å². The Bertz CT molecular complexity index is 1230. The highest BCUT2D eigenvalue weighted by Gasteiger charge is 2.31. The van der Waals surface area contributed by atoms with Crippen LogP contribution in [-0.4, -0.2) is 48.6 Å². The average molecular weight is 461 g/mol. The van der Waals surface area contributed by atoms with Gasteiger partial charge in [-0.25, -0.2) is 5.43 Å². The molecule has 1 N–H and O–H groups in total. The average Bonchev–Trinajstić information content (AvgIpc) is 3.46. The van der Waals surface area contributed by atoms with Gasteiger partial charge in [0.1, 0.15) is 11.5 Å². The number of para-hydroxylation sites is 1. The van der Waals surface area contributed by atoms with Gasteiger partial charge in [-0.1, -0.05) is 18.2 Å². The molecule has 3 aromatic rings. The zero-order chi connectivity index (χ0) is 23.7. The Morgan fingerprint density at radius 3 is 2.47 bits per heavy atom. The number of amides is 2. The van der Waals surface area contributed by atoms with Crippen LogP contribution in [0.2, 0.25) is 0 Å². The van der Waals surface area contributed by atoms with Gasteiger partial charge < -0.3 is 18.6 Å². The first-order valence-electron chi connectivity index (χ1n) is 11.7. The van der Waals surface area contributed by atoms with Gasteiger partial charge in [0.25, 0.3) is 11.8 Å². The number of nitrogens with one attached hydrogen (secondary N) is 1. The lowest BCUT2D eigenvalue weighted by Crippen LogP contribution is -2.48. The number of hydrogen-bond donors (Lipinski definition) is 1. The number of furan rings is 2. The number of carbonyl (C=O) groups excluding carboxylic acids is 2. The predicted molar refractivity (Wildman–Crippen MR) is 128 cm³/mol. The Morgan fingerprint density at radius 1 is 1.00 bits per heavy atom. The Hall–Kier alpha value is -3.81. The van der Waals surface area contributed by atoms with Crippen LogP contribution in [0, 0.1) is 13.8 Å². The van der Waals surface area contributed by atoms with Crippen molar-refractivity contribution >= 4 is 23.2 Å². The van der Waals surface area contributed by atoms with Crippen LogP contribution in [0.4, 0.5) is 5.69 Å². The quantitative estimate of drug-likeness (QED) is 0.596. The van der Waals surface area contributed by atoms with Crippen LogP contribution in [0.25, 0.3) is 0 Å². The third kappa shape index (κ3) is 4.11. The van der Waals surface area contributed by atoms with Gasteiger partial charge in [-0.15, -0.1) is 0 Å². The maximum Gasteiger partial charge on any atom is 0.289 e. The second-order valence-electron chi connectivity index (χ2n) is 8.71. The summed E-state index contributed by atoms with van der Waals surface area (Å²) in [5, 5.41) is 4.39. The molecule has 1 aliphatic heterocycles. The zero-order valence-corrected chi connectivity index (χ0v) is 19.5. The number of rotatable bonds is 4. The zero-order valence-electron chi connectivity index (χ0n) is 19.5. The summed E-state index contributed by atoms with van der Waals surface area (Å²) in [7, 11) is 0. The lowest BCUT2D eigenvalue weighted by atomic mass is 9.93. The fourth-order valence-electron chi connectivity index (χ4n) is 4.73. The van der Waals surface area contributed by atoms with Crippen LogP contribution in [0.1, 0.15) is 56.4 Å². The Morgan fingerprint density at radius 2 is 1.76 bits per heavy atom. The van der Waals surface area contributed by atoms with E-state index in [1.165, 1.54) is 12.0 Å². The van der Waals surface area contributed by atoms with Crippen molar-refractivity contribution in [2.45, 2.75) is 33.1 Å². The molecule has 0 atom stereocenters. The minimum atomic E-state index is -0.320. The Balaban J connectivity index is 1.31. The minimum absolute atomic E-state index is 0.0861. The maximum atomic E-state index is 13.3. The first kappa shape index (κ1) is 22.0. The van der Waals surface area contributed by atoms with Crippen LogP contribution >= 0.6 is 0 Å². The largest absolute Gasteiger partial charge is 0.469 e. The molecular weight excluding hydrogens is 432 g/mol. The van der Waals surface area contributed by atoms with Gasteiger partial charge in [0.05, 0.1) is 17.5 Å². The molecule has 0 bridgehead atoms. The second kappa shape index (κ2) is 9.21. The molecule has 34 heavy (non-hydrogen) atoms. The number of hydrazone groups is 1. The number of piperazine rings is 1. The van der Waals surface area contributed by atoms with E-state index in [1.54, 1.807) is 13.0 Å². The Kier molecular flexibility index (Phi) is 5.96. The topological polar surface area (TPSA) is 91.3 Å². The van der Waals surface area contributed by atoms with E-state index in [0.717, 1.165) is 48.5 Å². The van der Waals surface area contributed by atoms with Crippen LogP contribution in [-0.2, 0) is 6.42 Å². The van der Waals surface area contributed by atoms with E-state index in [1.807, 2.05) is 30.0 Å². The summed E-state index contributed by atoms with van der Waals surface area (Å²) in [6, 6.07) is 11.9. The number of aryl methyl sites for hydroxylation is 2. The van der Waals surface area contributed by atoms with Crippen molar-refractivity contribution in [1.82, 2.24) is 10.3 Å². The third-order valence-corrected chi connectivity index (χ3v) is 6.60. The number of nitrogens with zero attached hydrogens (tertiary/aromatic N) is 3. The summed E-state index contributed by atoms with van der Waals surface area (Å²) in [5.74, 6) is 1.28. The lowest BCUT2D eigenvalue weighted by molar-refractivity contribution is 0.0711. The van der Waals surface area contributed by atoms with Gasteiger partial charge in [-0.05, 0) is 44.9 Å². The van der Waals surface area contributed by atoms with Crippen molar-refractivity contribution in [3.05, 3.63) is 76.6 Å². The van der Waals surface area contributed by atoms with E-state index < -0.39 is 0 Å². The van der Waals surface area contributed by atoms with Gasteiger partial charge in [-0.3, -0.25) is 9.59 Å². The molecule has 0 radical (unpaired) electrons. The summed E-state index contributed by atoms with van der Waals surface area (Å²) in [6.07, 6.45) is 3.79. The summed E-state index contributed by atoms with van der Waals surface area (Å²) >= 11 is 0. The fourth-order valence-corrected chi connectivity index (χ4v) is 4.73. The lowest BCUT2D eigenvalue weighted by Gasteiger charge is -2.35. The van der Waals surface area contributed by atoms with E-state index in [4.69, 9.17) is 8.83 Å². The smallest absolute Gasteiger partial charge is 0.289 e. The molecule has 5 rings (SSSR count). The van der Waals surface area contributed by atoms with Gasteiger partial charge in [0.15, 0.2) is 5.76 Å². The fraction of sp³-hybridized carbons (Fsp3) is 0.346. The number of hydrogen-bond acceptors (Lipinski definition) is 6. The van der Waals surface area contributed by atoms with Crippen molar-refractivity contribution in [3.63, 3.8) is 0 Å². The molecule has 1 aliphatic carbocycles. The highest BCUT2D eigenvalue weighted by molar-refractivity contribution is 6.07. The molecule has 2 amide bonds. The summed E-state index contributed by atoms with van der Waals surface area (Å²) in [5.41, 5.74) is 6.64. The molecule has 0 spiro atoms. The molecule has 1 aromatic carbocycles. The van der Waals surface area contributed by atoms with Crippen molar-refractivity contribution in [3.8, 4) is 0 Å². The van der Waals surface area contributed by atoms with Crippen molar-refractivity contribution < 1.29 is 18.4 Å². The van der Waals surface area contributed by atoms with Gasteiger partial charge in [0.2, 0.25) is 0 Å². The molecule has 8 heteroatoms. The van der Waals surface area contributed by atoms with Crippen molar-refractivity contribution in [2.75, 3.05) is 31.1 Å². The Labute approximate surface area is 198 Å². The number of anilines is 1. The van der Waals surface area contributed by atoms with Crippen LogP contribution in [0.3, 0.4) is 0 Å². The van der Waals surface area contributed by atoms with Gasteiger partial charge in [-0.2, -0.15) is 5.10 Å². The first-order valence-corrected chi connectivity index (χ1v) is 11.7. The number of carbonyl (C=O) groups is 2. The number of benzene rings is 1. The highest BCUT2D eigenvalue weighted by Crippen LogP contribution is 2.31. The van der Waals surface area contributed by atoms with Crippen LogP contribution in [0.15, 0.2) is 56.6 Å². The first-order chi connectivity index (χ1) is 16.5. The molecule has 3 heterocycles. The normalized spacial score (nSPS) is 17.1.